The first-order chi connectivity index (χ1) is 18.2. The summed E-state index contributed by atoms with van der Waals surface area (Å²) in [4.78, 5) is 5.21. The zero-order valence-corrected chi connectivity index (χ0v) is 21.2. The molecule has 0 atom stereocenters. The lowest BCUT2D eigenvalue weighted by Crippen LogP contribution is -2.04. The molecule has 2 aromatic heterocycles. The van der Waals surface area contributed by atoms with Crippen molar-refractivity contribution < 1.29 is 0 Å². The van der Waals surface area contributed by atoms with Gasteiger partial charge in [0, 0.05) is 22.4 Å². The van der Waals surface area contributed by atoms with Crippen molar-refractivity contribution in [1.29, 1.82) is 0 Å². The highest BCUT2D eigenvalue weighted by Gasteiger charge is 2.22. The number of hydrogen-bond donors (Lipinski definition) is 1. The van der Waals surface area contributed by atoms with Crippen LogP contribution in [0.3, 0.4) is 0 Å². The quantitative estimate of drug-likeness (QED) is 0.243. The molecule has 4 aromatic carbocycles. The summed E-state index contributed by atoms with van der Waals surface area (Å²) in [6, 6.07) is 39.4. The summed E-state index contributed by atoms with van der Waals surface area (Å²) in [5, 5.41) is 14.0. The van der Waals surface area contributed by atoms with Crippen LogP contribution in [0.1, 0.15) is 10.6 Å². The highest BCUT2D eigenvalue weighted by atomic mass is 32.1. The first-order valence-corrected chi connectivity index (χ1v) is 13.0. The topological polar surface area (TPSA) is 55.6 Å². The molecule has 0 aliphatic heterocycles. The zero-order valence-electron chi connectivity index (χ0n) is 20.4. The third kappa shape index (κ3) is 4.92. The van der Waals surface area contributed by atoms with Gasteiger partial charge in [-0.2, -0.15) is 0 Å². The second-order valence-corrected chi connectivity index (χ2v) is 9.87. The molecule has 0 spiro atoms. The Morgan fingerprint density at radius 3 is 1.92 bits per heavy atom. The van der Waals surface area contributed by atoms with Crippen molar-refractivity contribution in [3.05, 3.63) is 126 Å². The summed E-state index contributed by atoms with van der Waals surface area (Å²) in [6.45, 7) is 2.64. The van der Waals surface area contributed by atoms with E-state index >= 15 is 0 Å². The zero-order chi connectivity index (χ0) is 25.0. The van der Waals surface area contributed by atoms with E-state index in [1.807, 2.05) is 30.3 Å². The van der Waals surface area contributed by atoms with Gasteiger partial charge >= 0.3 is 0 Å². The Labute approximate surface area is 220 Å². The lowest BCUT2D eigenvalue weighted by atomic mass is 10.0. The molecule has 0 bridgehead atoms. The Balaban J connectivity index is 1.46. The molecular formula is C31H25N5S. The van der Waals surface area contributed by atoms with Crippen LogP contribution in [0.15, 0.2) is 115 Å². The van der Waals surface area contributed by atoms with E-state index in [9.17, 15) is 0 Å². The van der Waals surface area contributed by atoms with E-state index in [0.29, 0.717) is 6.54 Å². The summed E-state index contributed by atoms with van der Waals surface area (Å²) in [5.41, 5.74) is 7.48. The van der Waals surface area contributed by atoms with Gasteiger partial charge in [0.2, 0.25) is 5.13 Å². The van der Waals surface area contributed by atoms with Gasteiger partial charge in [0.15, 0.2) is 0 Å². The maximum Gasteiger partial charge on any atom is 0.210 e. The number of aryl methyl sites for hydroxylation is 1. The van der Waals surface area contributed by atoms with Crippen LogP contribution in [0.5, 0.6) is 0 Å². The molecule has 6 rings (SSSR count). The van der Waals surface area contributed by atoms with Crippen molar-refractivity contribution in [2.45, 2.75) is 13.5 Å². The minimum atomic E-state index is 0.557. The lowest BCUT2D eigenvalue weighted by Gasteiger charge is -2.12. The van der Waals surface area contributed by atoms with E-state index in [2.05, 4.69) is 112 Å². The molecule has 180 valence electrons. The molecule has 37 heavy (non-hydrogen) atoms. The van der Waals surface area contributed by atoms with E-state index in [4.69, 9.17) is 4.98 Å². The van der Waals surface area contributed by atoms with Crippen molar-refractivity contribution in [3.8, 4) is 33.9 Å². The number of nitrogens with one attached hydrogen (secondary N) is 1. The number of imidazole rings is 1. The number of hydrogen-bond acceptors (Lipinski definition) is 5. The molecule has 5 nitrogen and oxygen atoms in total. The fourth-order valence-electron chi connectivity index (χ4n) is 4.36. The van der Waals surface area contributed by atoms with Gasteiger partial charge in [0.25, 0.3) is 0 Å². The van der Waals surface area contributed by atoms with Crippen LogP contribution in [-0.4, -0.2) is 19.7 Å². The van der Waals surface area contributed by atoms with Crippen LogP contribution < -0.4 is 5.32 Å². The second kappa shape index (κ2) is 10.2. The van der Waals surface area contributed by atoms with E-state index in [-0.39, 0.29) is 0 Å². The summed E-state index contributed by atoms with van der Waals surface area (Å²) < 4.78 is 2.27. The lowest BCUT2D eigenvalue weighted by molar-refractivity contribution is 0.792. The molecule has 6 aromatic rings. The van der Waals surface area contributed by atoms with Gasteiger partial charge in [0.05, 0.1) is 17.9 Å². The van der Waals surface area contributed by atoms with Crippen LogP contribution in [-0.2, 0) is 6.54 Å². The molecule has 6 heteroatoms. The molecule has 0 unspecified atom stereocenters. The molecule has 0 radical (unpaired) electrons. The van der Waals surface area contributed by atoms with E-state index in [1.165, 1.54) is 5.56 Å². The largest absolute Gasteiger partial charge is 0.330 e. The monoisotopic (exact) mass is 499 g/mol. The van der Waals surface area contributed by atoms with Gasteiger partial charge in [0.1, 0.15) is 10.8 Å². The Morgan fingerprint density at radius 2 is 1.27 bits per heavy atom. The standard InChI is InChI=1S/C31H25N5S/c1-22-17-19-26(20-18-22)32-31-35-34-27(37-31)21-36-29(24-13-7-3-8-14-24)28(23-11-5-2-6-12-23)33-30(36)25-15-9-4-10-16-25/h2-20H,21H2,1H3,(H,32,35). The fourth-order valence-corrected chi connectivity index (χ4v) is 5.11. The van der Waals surface area contributed by atoms with Crippen LogP contribution in [0.4, 0.5) is 10.8 Å². The van der Waals surface area contributed by atoms with E-state index in [1.54, 1.807) is 11.3 Å². The summed E-state index contributed by atoms with van der Waals surface area (Å²) >= 11 is 1.56. The number of aromatic nitrogens is 4. The van der Waals surface area contributed by atoms with Gasteiger partial charge < -0.3 is 9.88 Å². The molecular weight excluding hydrogens is 474 g/mol. The number of rotatable bonds is 7. The molecule has 0 aliphatic carbocycles. The first-order valence-electron chi connectivity index (χ1n) is 12.2. The number of benzene rings is 4. The Hall–Kier alpha value is -4.55. The minimum absolute atomic E-state index is 0.557. The van der Waals surface area contributed by atoms with Crippen molar-refractivity contribution in [2.24, 2.45) is 0 Å². The Kier molecular flexibility index (Phi) is 6.31. The van der Waals surface area contributed by atoms with Gasteiger partial charge in [-0.3, -0.25) is 0 Å². The highest BCUT2D eigenvalue weighted by molar-refractivity contribution is 7.15. The number of nitrogens with zero attached hydrogens (tertiary/aromatic N) is 4. The highest BCUT2D eigenvalue weighted by Crippen LogP contribution is 2.37. The first kappa shape index (κ1) is 22.9. The number of anilines is 2. The van der Waals surface area contributed by atoms with Crippen molar-refractivity contribution in [2.75, 3.05) is 5.32 Å². The Bertz CT molecular complexity index is 1610. The minimum Gasteiger partial charge on any atom is -0.330 e. The van der Waals surface area contributed by atoms with Crippen LogP contribution >= 0.6 is 11.3 Å². The molecule has 0 saturated heterocycles. The molecule has 0 amide bonds. The van der Waals surface area contributed by atoms with Gasteiger partial charge in [-0.05, 0) is 19.1 Å². The molecule has 0 aliphatic rings. The van der Waals surface area contributed by atoms with Crippen molar-refractivity contribution in [1.82, 2.24) is 19.7 Å². The molecule has 0 saturated carbocycles. The van der Waals surface area contributed by atoms with Gasteiger partial charge in [-0.15, -0.1) is 10.2 Å². The second-order valence-electron chi connectivity index (χ2n) is 8.81. The predicted octanol–water partition coefficient (Wildman–Crippen LogP) is 7.84. The summed E-state index contributed by atoms with van der Waals surface area (Å²) in [5.74, 6) is 0.904. The average molecular weight is 500 g/mol. The normalized spacial score (nSPS) is 10.9. The van der Waals surface area contributed by atoms with Crippen molar-refractivity contribution >= 4 is 22.2 Å². The van der Waals surface area contributed by atoms with Crippen LogP contribution in [0.25, 0.3) is 33.9 Å². The smallest absolute Gasteiger partial charge is 0.210 e. The van der Waals surface area contributed by atoms with Gasteiger partial charge in [-0.25, -0.2) is 4.98 Å². The van der Waals surface area contributed by atoms with Crippen LogP contribution in [0.2, 0.25) is 0 Å². The van der Waals surface area contributed by atoms with Crippen molar-refractivity contribution in [3.63, 3.8) is 0 Å². The maximum absolute atomic E-state index is 5.21. The SMILES string of the molecule is Cc1ccc(Nc2nnc(Cn3c(-c4ccccc4)nc(-c4ccccc4)c3-c3ccccc3)s2)cc1. The Morgan fingerprint density at radius 1 is 0.676 bits per heavy atom. The average Bonchev–Trinajstić information content (AvgIpc) is 3.56. The summed E-state index contributed by atoms with van der Waals surface area (Å²) in [7, 11) is 0. The van der Waals surface area contributed by atoms with Gasteiger partial charge in [-0.1, -0.05) is 120 Å². The maximum atomic E-state index is 5.21. The van der Waals surface area contributed by atoms with E-state index in [0.717, 1.165) is 49.7 Å². The predicted molar refractivity (Wildman–Crippen MR) is 152 cm³/mol. The molecule has 2 heterocycles. The van der Waals surface area contributed by atoms with E-state index < -0.39 is 0 Å². The third-order valence-corrected chi connectivity index (χ3v) is 6.98. The molecule has 1 N–H and O–H groups in total. The third-order valence-electron chi connectivity index (χ3n) is 6.16. The summed E-state index contributed by atoms with van der Waals surface area (Å²) in [6.07, 6.45) is 0. The molecule has 0 fully saturated rings. The fraction of sp³-hybridized carbons (Fsp3) is 0.0645. The van der Waals surface area contributed by atoms with Crippen LogP contribution in [0, 0.1) is 6.92 Å².